The normalized spacial score (nSPS) is 23.9. The number of nitrogens with one attached hydrogen (secondary N) is 1. The van der Waals surface area contributed by atoms with Crippen LogP contribution in [0.5, 0.6) is 5.75 Å². The fourth-order valence-corrected chi connectivity index (χ4v) is 4.83. The molecule has 4 rings (SSSR count). The van der Waals surface area contributed by atoms with E-state index in [1.807, 2.05) is 24.3 Å². The lowest BCUT2D eigenvalue weighted by Gasteiger charge is -2.23. The standard InChI is InChI=1S/C18H20N4O4S/c1-26-13-6-4-11(5-7-13)14-20-21-16(27-14)19-17(25)22-9-12-3-2-8-18(12,10-22)15(23)24/h4-7,12H,2-3,8-10H2,1H3,(H,23,24)(H,19,21,25)/t12-,18+/m0/s1. The highest BCUT2D eigenvalue weighted by Crippen LogP contribution is 2.49. The van der Waals surface area contributed by atoms with Gasteiger partial charge in [0.05, 0.1) is 12.5 Å². The molecule has 0 spiro atoms. The molecule has 1 aromatic heterocycles. The van der Waals surface area contributed by atoms with Crippen LogP contribution < -0.4 is 10.1 Å². The third-order valence-corrected chi connectivity index (χ3v) is 6.45. The fraction of sp³-hybridized carbons (Fsp3) is 0.444. The molecule has 1 aliphatic heterocycles. The molecule has 0 unspecified atom stereocenters. The number of likely N-dealkylation sites (tertiary alicyclic amines) is 1. The van der Waals surface area contributed by atoms with Crippen molar-refractivity contribution in [2.45, 2.75) is 19.3 Å². The van der Waals surface area contributed by atoms with Crippen molar-refractivity contribution >= 4 is 28.5 Å². The molecule has 142 valence electrons. The van der Waals surface area contributed by atoms with E-state index in [0.717, 1.165) is 24.2 Å². The largest absolute Gasteiger partial charge is 0.497 e. The molecule has 2 fully saturated rings. The van der Waals surface area contributed by atoms with Crippen LogP contribution in [0.1, 0.15) is 19.3 Å². The van der Waals surface area contributed by atoms with Crippen molar-refractivity contribution in [3.63, 3.8) is 0 Å². The van der Waals surface area contributed by atoms with E-state index in [0.29, 0.717) is 23.1 Å². The topological polar surface area (TPSA) is 105 Å². The Morgan fingerprint density at radius 3 is 2.78 bits per heavy atom. The van der Waals surface area contributed by atoms with Gasteiger partial charge in [0.1, 0.15) is 10.8 Å². The van der Waals surface area contributed by atoms with Crippen molar-refractivity contribution < 1.29 is 19.4 Å². The van der Waals surface area contributed by atoms with Crippen LogP contribution in [0.4, 0.5) is 9.93 Å². The van der Waals surface area contributed by atoms with Crippen molar-refractivity contribution in [2.24, 2.45) is 11.3 Å². The number of urea groups is 1. The molecule has 2 heterocycles. The van der Waals surface area contributed by atoms with Gasteiger partial charge in [-0.3, -0.25) is 10.1 Å². The lowest BCUT2D eigenvalue weighted by Crippen LogP contribution is -2.38. The molecule has 1 aliphatic carbocycles. The highest BCUT2D eigenvalue weighted by atomic mass is 32.1. The summed E-state index contributed by atoms with van der Waals surface area (Å²) in [5.74, 6) is -0.00762. The van der Waals surface area contributed by atoms with Crippen LogP contribution in [0.3, 0.4) is 0 Å². The number of carbonyl (C=O) groups is 2. The van der Waals surface area contributed by atoms with Crippen LogP contribution >= 0.6 is 11.3 Å². The fourth-order valence-electron chi connectivity index (χ4n) is 4.09. The Morgan fingerprint density at radius 1 is 1.33 bits per heavy atom. The van der Waals surface area contributed by atoms with Crippen molar-refractivity contribution in [1.82, 2.24) is 15.1 Å². The van der Waals surface area contributed by atoms with Crippen LogP contribution in [0, 0.1) is 11.3 Å². The van der Waals surface area contributed by atoms with Gasteiger partial charge in [0, 0.05) is 18.7 Å². The summed E-state index contributed by atoms with van der Waals surface area (Å²) in [4.78, 5) is 25.9. The highest BCUT2D eigenvalue weighted by Gasteiger charge is 2.55. The summed E-state index contributed by atoms with van der Waals surface area (Å²) in [6, 6.07) is 7.11. The molecule has 27 heavy (non-hydrogen) atoms. The summed E-state index contributed by atoms with van der Waals surface area (Å²) < 4.78 is 5.14. The number of aromatic nitrogens is 2. The maximum atomic E-state index is 12.6. The van der Waals surface area contributed by atoms with Gasteiger partial charge in [-0.15, -0.1) is 10.2 Å². The molecule has 2 aliphatic rings. The monoisotopic (exact) mass is 388 g/mol. The number of carboxylic acids is 1. The lowest BCUT2D eigenvalue weighted by molar-refractivity contribution is -0.149. The number of carbonyl (C=O) groups excluding carboxylic acids is 1. The number of methoxy groups -OCH3 is 1. The van der Waals surface area contributed by atoms with Gasteiger partial charge in [-0.1, -0.05) is 17.8 Å². The van der Waals surface area contributed by atoms with Gasteiger partial charge < -0.3 is 14.7 Å². The second kappa shape index (κ2) is 6.80. The molecule has 0 radical (unpaired) electrons. The minimum absolute atomic E-state index is 0.0324. The Kier molecular flexibility index (Phi) is 4.47. The van der Waals surface area contributed by atoms with Gasteiger partial charge in [0.25, 0.3) is 0 Å². The minimum Gasteiger partial charge on any atom is -0.497 e. The number of benzene rings is 1. The van der Waals surface area contributed by atoms with E-state index in [1.165, 1.54) is 11.3 Å². The van der Waals surface area contributed by atoms with Gasteiger partial charge in [-0.2, -0.15) is 0 Å². The Balaban J connectivity index is 1.43. The van der Waals surface area contributed by atoms with E-state index in [-0.39, 0.29) is 18.5 Å². The molecule has 1 aromatic carbocycles. The van der Waals surface area contributed by atoms with Crippen molar-refractivity contribution in [1.29, 1.82) is 0 Å². The second-order valence-electron chi connectivity index (χ2n) is 7.00. The molecule has 8 nitrogen and oxygen atoms in total. The highest BCUT2D eigenvalue weighted by molar-refractivity contribution is 7.18. The van der Waals surface area contributed by atoms with Crippen molar-refractivity contribution in [3.8, 4) is 16.3 Å². The minimum atomic E-state index is -0.794. The van der Waals surface area contributed by atoms with Gasteiger partial charge in [0.2, 0.25) is 5.13 Å². The number of carboxylic acid groups (broad SMARTS) is 1. The summed E-state index contributed by atoms with van der Waals surface area (Å²) in [7, 11) is 1.61. The number of ether oxygens (including phenoxy) is 1. The van der Waals surface area contributed by atoms with Crippen molar-refractivity contribution in [3.05, 3.63) is 24.3 Å². The number of fused-ring (bicyclic) bond motifs is 1. The summed E-state index contributed by atoms with van der Waals surface area (Å²) in [6.07, 6.45) is 2.40. The van der Waals surface area contributed by atoms with Gasteiger partial charge >= 0.3 is 12.0 Å². The Morgan fingerprint density at radius 2 is 2.11 bits per heavy atom. The van der Waals surface area contributed by atoms with Crippen LogP contribution in [-0.4, -0.2) is 52.4 Å². The van der Waals surface area contributed by atoms with Gasteiger partial charge in [-0.05, 0) is 43.0 Å². The second-order valence-corrected chi connectivity index (χ2v) is 7.98. The Labute approximate surface area is 160 Å². The number of anilines is 1. The van der Waals surface area contributed by atoms with E-state index in [2.05, 4.69) is 15.5 Å². The number of rotatable bonds is 4. The van der Waals surface area contributed by atoms with Gasteiger partial charge in [0.15, 0.2) is 0 Å². The zero-order valence-electron chi connectivity index (χ0n) is 14.8. The Hall–Kier alpha value is -2.68. The first-order valence-electron chi connectivity index (χ1n) is 8.79. The van der Waals surface area contributed by atoms with Gasteiger partial charge in [-0.25, -0.2) is 4.79 Å². The molecule has 0 bridgehead atoms. The molecule has 1 saturated heterocycles. The van der Waals surface area contributed by atoms with E-state index < -0.39 is 11.4 Å². The summed E-state index contributed by atoms with van der Waals surface area (Å²) >= 11 is 1.28. The van der Waals surface area contributed by atoms with Crippen LogP contribution in [0.15, 0.2) is 24.3 Å². The molecule has 9 heteroatoms. The molecule has 2 amide bonds. The van der Waals surface area contributed by atoms with Crippen LogP contribution in [-0.2, 0) is 4.79 Å². The molecule has 2 N–H and O–H groups in total. The van der Waals surface area contributed by atoms with E-state index in [1.54, 1.807) is 12.0 Å². The first-order valence-corrected chi connectivity index (χ1v) is 9.61. The molecule has 2 atom stereocenters. The van der Waals surface area contributed by atoms with Crippen LogP contribution in [0.25, 0.3) is 10.6 Å². The predicted molar refractivity (Wildman–Crippen MR) is 99.9 cm³/mol. The summed E-state index contributed by atoms with van der Waals surface area (Å²) in [5.41, 5.74) is 0.0986. The molecule has 2 aromatic rings. The molecular weight excluding hydrogens is 368 g/mol. The van der Waals surface area contributed by atoms with Crippen LogP contribution in [0.2, 0.25) is 0 Å². The third-order valence-electron chi connectivity index (χ3n) is 5.56. The number of amides is 2. The zero-order chi connectivity index (χ0) is 19.0. The first kappa shape index (κ1) is 17.7. The number of aliphatic carboxylic acids is 1. The maximum Gasteiger partial charge on any atom is 0.323 e. The Bertz CT molecular complexity index is 869. The predicted octanol–water partition coefficient (Wildman–Crippen LogP) is 2.93. The number of hydrogen-bond acceptors (Lipinski definition) is 6. The average molecular weight is 388 g/mol. The number of hydrogen-bond donors (Lipinski definition) is 2. The lowest BCUT2D eigenvalue weighted by atomic mass is 9.81. The van der Waals surface area contributed by atoms with E-state index in [4.69, 9.17) is 4.74 Å². The smallest absolute Gasteiger partial charge is 0.323 e. The average Bonchev–Trinajstić information content (AvgIpc) is 3.36. The molecule has 1 saturated carbocycles. The third kappa shape index (κ3) is 3.12. The SMILES string of the molecule is COc1ccc(-c2nnc(NC(=O)N3C[C@@H]4CCC[C@@]4(C(=O)O)C3)s2)cc1. The van der Waals surface area contributed by atoms with Crippen molar-refractivity contribution in [2.75, 3.05) is 25.5 Å². The summed E-state index contributed by atoms with van der Waals surface area (Å²) in [5, 5.41) is 21.6. The zero-order valence-corrected chi connectivity index (χ0v) is 15.7. The maximum absolute atomic E-state index is 12.6. The van der Waals surface area contributed by atoms with E-state index >= 15 is 0 Å². The number of nitrogens with zero attached hydrogens (tertiary/aromatic N) is 3. The first-order chi connectivity index (χ1) is 13.0. The summed E-state index contributed by atoms with van der Waals surface area (Å²) in [6.45, 7) is 0.727. The molecular formula is C18H20N4O4S. The van der Waals surface area contributed by atoms with E-state index in [9.17, 15) is 14.7 Å². The quantitative estimate of drug-likeness (QED) is 0.834.